The Balaban J connectivity index is 1.42. The number of Topliss-reactive ketones (excluding diaryl/α,β-unsaturated/α-hetero) is 1. The quantitative estimate of drug-likeness (QED) is 0.741. The number of hydrogen-bond acceptors (Lipinski definition) is 3. The van der Waals surface area contributed by atoms with Crippen LogP contribution in [0.2, 0.25) is 5.02 Å². The summed E-state index contributed by atoms with van der Waals surface area (Å²) in [5.41, 5.74) is 0.581. The van der Waals surface area contributed by atoms with E-state index in [1.165, 1.54) is 0 Å². The largest absolute Gasteiger partial charge is 0.343 e. The summed E-state index contributed by atoms with van der Waals surface area (Å²) in [6.45, 7) is 2.98. The summed E-state index contributed by atoms with van der Waals surface area (Å²) in [7, 11) is 0. The third kappa shape index (κ3) is 4.64. The summed E-state index contributed by atoms with van der Waals surface area (Å²) in [6, 6.07) is 6.73. The van der Waals surface area contributed by atoms with Gasteiger partial charge in [-0.2, -0.15) is 0 Å². The Bertz CT molecular complexity index is 660. The number of ketones is 1. The number of carbonyl (C=O) groups is 3. The van der Waals surface area contributed by atoms with Crippen LogP contribution in [0, 0.1) is 5.92 Å². The Kier molecular flexibility index (Phi) is 6.30. The van der Waals surface area contributed by atoms with Crippen LogP contribution in [-0.4, -0.2) is 53.6 Å². The molecule has 0 aromatic heterocycles. The standard InChI is InChI=1S/C20H25ClN2O3/c21-17-5-3-15(4-6-17)18(24)7-8-19(25)22-13-9-16(10-14-22)20(26)23-11-1-2-12-23/h3-6,16H,1-2,7-14H2. The van der Waals surface area contributed by atoms with Crippen LogP contribution < -0.4 is 0 Å². The van der Waals surface area contributed by atoms with E-state index in [-0.39, 0.29) is 36.4 Å². The van der Waals surface area contributed by atoms with Crippen molar-refractivity contribution in [1.29, 1.82) is 0 Å². The smallest absolute Gasteiger partial charge is 0.225 e. The van der Waals surface area contributed by atoms with E-state index in [4.69, 9.17) is 11.6 Å². The van der Waals surface area contributed by atoms with E-state index in [1.54, 1.807) is 29.2 Å². The van der Waals surface area contributed by atoms with Crippen LogP contribution in [0.15, 0.2) is 24.3 Å². The number of rotatable bonds is 5. The van der Waals surface area contributed by atoms with Crippen molar-refractivity contribution in [2.24, 2.45) is 5.92 Å². The van der Waals surface area contributed by atoms with Crippen molar-refractivity contribution in [2.45, 2.75) is 38.5 Å². The lowest BCUT2D eigenvalue weighted by molar-refractivity contribution is -0.140. The highest BCUT2D eigenvalue weighted by molar-refractivity contribution is 6.30. The Morgan fingerprint density at radius 1 is 0.885 bits per heavy atom. The van der Waals surface area contributed by atoms with Gasteiger partial charge in [-0.15, -0.1) is 0 Å². The Morgan fingerprint density at radius 2 is 1.50 bits per heavy atom. The van der Waals surface area contributed by atoms with Gasteiger partial charge in [-0.3, -0.25) is 14.4 Å². The van der Waals surface area contributed by atoms with Gasteiger partial charge in [-0.05, 0) is 49.9 Å². The number of nitrogens with zero attached hydrogens (tertiary/aromatic N) is 2. The first-order chi connectivity index (χ1) is 12.5. The third-order valence-electron chi connectivity index (χ3n) is 5.35. The van der Waals surface area contributed by atoms with Crippen LogP contribution in [0.3, 0.4) is 0 Å². The van der Waals surface area contributed by atoms with Gasteiger partial charge < -0.3 is 9.80 Å². The number of halogens is 1. The van der Waals surface area contributed by atoms with Gasteiger partial charge in [0.1, 0.15) is 0 Å². The van der Waals surface area contributed by atoms with Crippen molar-refractivity contribution in [3.8, 4) is 0 Å². The van der Waals surface area contributed by atoms with E-state index < -0.39 is 0 Å². The highest BCUT2D eigenvalue weighted by atomic mass is 35.5. The predicted molar refractivity (Wildman–Crippen MR) is 100 cm³/mol. The lowest BCUT2D eigenvalue weighted by atomic mass is 9.95. The summed E-state index contributed by atoms with van der Waals surface area (Å²) in [5, 5.41) is 0.587. The molecule has 2 fully saturated rings. The second-order valence-corrected chi connectivity index (χ2v) is 7.55. The van der Waals surface area contributed by atoms with Crippen LogP contribution in [0.5, 0.6) is 0 Å². The number of benzene rings is 1. The molecule has 5 nitrogen and oxygen atoms in total. The fourth-order valence-corrected chi connectivity index (χ4v) is 3.86. The van der Waals surface area contributed by atoms with E-state index >= 15 is 0 Å². The molecular weight excluding hydrogens is 352 g/mol. The molecule has 0 saturated carbocycles. The maximum Gasteiger partial charge on any atom is 0.225 e. The molecule has 1 aromatic rings. The van der Waals surface area contributed by atoms with Crippen LogP contribution in [-0.2, 0) is 9.59 Å². The first-order valence-corrected chi connectivity index (χ1v) is 9.78. The Morgan fingerprint density at radius 3 is 2.12 bits per heavy atom. The number of piperidine rings is 1. The lowest BCUT2D eigenvalue weighted by Gasteiger charge is -2.33. The van der Waals surface area contributed by atoms with Crippen molar-refractivity contribution in [1.82, 2.24) is 9.80 Å². The molecule has 3 rings (SSSR count). The van der Waals surface area contributed by atoms with E-state index in [9.17, 15) is 14.4 Å². The zero-order valence-electron chi connectivity index (χ0n) is 15.0. The van der Waals surface area contributed by atoms with E-state index in [1.807, 2.05) is 4.90 Å². The second kappa shape index (κ2) is 8.67. The number of amides is 2. The van der Waals surface area contributed by atoms with E-state index in [0.29, 0.717) is 23.7 Å². The SMILES string of the molecule is O=C(CCC(=O)N1CCC(C(=O)N2CCCC2)CC1)c1ccc(Cl)cc1. The average molecular weight is 377 g/mol. The van der Waals surface area contributed by atoms with Crippen LogP contribution in [0.25, 0.3) is 0 Å². The van der Waals surface area contributed by atoms with E-state index in [0.717, 1.165) is 38.8 Å². The molecule has 0 aliphatic carbocycles. The lowest BCUT2D eigenvalue weighted by Crippen LogP contribution is -2.43. The van der Waals surface area contributed by atoms with Gasteiger partial charge in [0.2, 0.25) is 11.8 Å². The molecule has 0 atom stereocenters. The van der Waals surface area contributed by atoms with Gasteiger partial charge in [0, 0.05) is 55.5 Å². The fourth-order valence-electron chi connectivity index (χ4n) is 3.73. The first kappa shape index (κ1) is 18.9. The Hall–Kier alpha value is -1.88. The minimum absolute atomic E-state index is 0.000569. The van der Waals surface area contributed by atoms with Crippen LogP contribution in [0.4, 0.5) is 0 Å². The fraction of sp³-hybridized carbons (Fsp3) is 0.550. The maximum absolute atomic E-state index is 12.4. The minimum atomic E-state index is -0.0471. The zero-order valence-corrected chi connectivity index (χ0v) is 15.7. The molecule has 0 bridgehead atoms. The maximum atomic E-state index is 12.4. The van der Waals surface area contributed by atoms with Crippen molar-refractivity contribution in [3.63, 3.8) is 0 Å². The minimum Gasteiger partial charge on any atom is -0.343 e. The highest BCUT2D eigenvalue weighted by Gasteiger charge is 2.31. The van der Waals surface area contributed by atoms with Gasteiger partial charge in [-0.25, -0.2) is 0 Å². The summed E-state index contributed by atoms with van der Waals surface area (Å²) in [4.78, 5) is 40.7. The number of hydrogen-bond donors (Lipinski definition) is 0. The molecule has 2 amide bonds. The first-order valence-electron chi connectivity index (χ1n) is 9.40. The molecule has 2 aliphatic rings. The molecule has 26 heavy (non-hydrogen) atoms. The molecule has 0 N–H and O–H groups in total. The zero-order chi connectivity index (χ0) is 18.5. The van der Waals surface area contributed by atoms with Gasteiger partial charge in [0.05, 0.1) is 0 Å². The molecule has 0 radical (unpaired) electrons. The molecule has 2 aliphatic heterocycles. The predicted octanol–water partition coefficient (Wildman–Crippen LogP) is 3.16. The summed E-state index contributed by atoms with van der Waals surface area (Å²) in [5.74, 6) is 0.258. The average Bonchev–Trinajstić information content (AvgIpc) is 3.20. The molecular formula is C20H25ClN2O3. The third-order valence-corrected chi connectivity index (χ3v) is 5.60. The van der Waals surface area contributed by atoms with Crippen LogP contribution in [0.1, 0.15) is 48.9 Å². The molecule has 0 unspecified atom stereocenters. The van der Waals surface area contributed by atoms with Gasteiger partial charge in [0.15, 0.2) is 5.78 Å². The molecule has 1 aromatic carbocycles. The number of carbonyl (C=O) groups excluding carboxylic acids is 3. The highest BCUT2D eigenvalue weighted by Crippen LogP contribution is 2.23. The van der Waals surface area contributed by atoms with Crippen molar-refractivity contribution < 1.29 is 14.4 Å². The molecule has 140 valence electrons. The summed E-state index contributed by atoms with van der Waals surface area (Å²) in [6.07, 6.45) is 4.08. The van der Waals surface area contributed by atoms with Crippen molar-refractivity contribution >= 4 is 29.2 Å². The molecule has 6 heteroatoms. The van der Waals surface area contributed by atoms with Crippen molar-refractivity contribution in [3.05, 3.63) is 34.9 Å². The van der Waals surface area contributed by atoms with E-state index in [2.05, 4.69) is 0 Å². The monoisotopic (exact) mass is 376 g/mol. The summed E-state index contributed by atoms with van der Waals surface area (Å²) >= 11 is 5.82. The molecule has 0 spiro atoms. The molecule has 2 saturated heterocycles. The second-order valence-electron chi connectivity index (χ2n) is 7.12. The Labute approximate surface area is 159 Å². The molecule has 2 heterocycles. The van der Waals surface area contributed by atoms with Gasteiger partial charge in [0.25, 0.3) is 0 Å². The van der Waals surface area contributed by atoms with Gasteiger partial charge >= 0.3 is 0 Å². The van der Waals surface area contributed by atoms with Crippen LogP contribution >= 0.6 is 11.6 Å². The van der Waals surface area contributed by atoms with Gasteiger partial charge in [-0.1, -0.05) is 11.6 Å². The summed E-state index contributed by atoms with van der Waals surface area (Å²) < 4.78 is 0. The normalized spacial score (nSPS) is 18.2. The van der Waals surface area contributed by atoms with Crippen molar-refractivity contribution in [2.75, 3.05) is 26.2 Å². The number of likely N-dealkylation sites (tertiary alicyclic amines) is 2. The topological polar surface area (TPSA) is 57.7 Å².